The smallest absolute Gasteiger partial charge is 0.224 e. The molecule has 96 valence electrons. The van der Waals surface area contributed by atoms with Crippen molar-refractivity contribution in [1.82, 2.24) is 0 Å². The van der Waals surface area contributed by atoms with Crippen LogP contribution in [0.1, 0.15) is 0 Å². The van der Waals surface area contributed by atoms with Crippen molar-refractivity contribution in [3.63, 3.8) is 0 Å². The molecule has 2 N–H and O–H groups in total. The van der Waals surface area contributed by atoms with Crippen LogP contribution in [0.25, 0.3) is 0 Å². The van der Waals surface area contributed by atoms with Crippen LogP contribution in [0.4, 0.5) is 0 Å². The second-order valence-electron chi connectivity index (χ2n) is 3.43. The van der Waals surface area contributed by atoms with Gasteiger partial charge < -0.3 is 0 Å². The first-order valence-corrected chi connectivity index (χ1v) is 8.65. The summed E-state index contributed by atoms with van der Waals surface area (Å²) >= 11 is 0.786. The Hall–Kier alpha value is -1.22. The second-order valence-corrected chi connectivity index (χ2v) is 8.02. The SMILES string of the molecule is NS(=O)(=O)c1sccc1S(=O)(=O)c1ccccc1. The summed E-state index contributed by atoms with van der Waals surface area (Å²) in [6, 6.07) is 8.85. The van der Waals surface area contributed by atoms with Crippen LogP contribution in [0.15, 0.2) is 55.8 Å². The van der Waals surface area contributed by atoms with Crippen molar-refractivity contribution in [2.75, 3.05) is 0 Å². The van der Waals surface area contributed by atoms with Gasteiger partial charge in [0.15, 0.2) is 4.21 Å². The van der Waals surface area contributed by atoms with Crippen molar-refractivity contribution in [3.05, 3.63) is 41.8 Å². The zero-order valence-corrected chi connectivity index (χ0v) is 11.4. The van der Waals surface area contributed by atoms with Crippen LogP contribution in [-0.4, -0.2) is 16.8 Å². The number of hydrogen-bond acceptors (Lipinski definition) is 5. The van der Waals surface area contributed by atoms with Gasteiger partial charge in [-0.2, -0.15) is 0 Å². The summed E-state index contributed by atoms with van der Waals surface area (Å²) in [5.41, 5.74) is 0. The third kappa shape index (κ3) is 2.32. The van der Waals surface area contributed by atoms with Gasteiger partial charge in [0.05, 0.1) is 4.90 Å². The number of benzene rings is 1. The normalized spacial score (nSPS) is 12.5. The van der Waals surface area contributed by atoms with E-state index in [4.69, 9.17) is 5.14 Å². The van der Waals surface area contributed by atoms with Crippen molar-refractivity contribution in [2.24, 2.45) is 5.14 Å². The molecule has 0 aliphatic carbocycles. The molecule has 0 aliphatic rings. The summed E-state index contributed by atoms with van der Waals surface area (Å²) in [6.07, 6.45) is 0. The molecule has 0 fully saturated rings. The minimum atomic E-state index is -4.04. The third-order valence-electron chi connectivity index (χ3n) is 2.20. The number of hydrogen-bond donors (Lipinski definition) is 1. The van der Waals surface area contributed by atoms with E-state index in [0.29, 0.717) is 0 Å². The number of thiophene rings is 1. The lowest BCUT2D eigenvalue weighted by Gasteiger charge is -2.04. The minimum Gasteiger partial charge on any atom is -0.224 e. The molecule has 1 aromatic heterocycles. The fourth-order valence-electron chi connectivity index (χ4n) is 1.42. The van der Waals surface area contributed by atoms with Crippen LogP contribution < -0.4 is 5.14 Å². The lowest BCUT2D eigenvalue weighted by Crippen LogP contribution is -2.14. The highest BCUT2D eigenvalue weighted by Crippen LogP contribution is 2.30. The topological polar surface area (TPSA) is 94.3 Å². The summed E-state index contributed by atoms with van der Waals surface area (Å²) in [4.78, 5) is -0.241. The van der Waals surface area contributed by atoms with Gasteiger partial charge in [0, 0.05) is 0 Å². The number of nitrogens with two attached hydrogens (primary N) is 1. The van der Waals surface area contributed by atoms with E-state index in [1.54, 1.807) is 18.2 Å². The van der Waals surface area contributed by atoms with E-state index in [9.17, 15) is 16.8 Å². The molecule has 1 aromatic carbocycles. The molecule has 2 rings (SSSR count). The summed E-state index contributed by atoms with van der Waals surface area (Å²) in [5, 5.41) is 6.38. The molecule has 0 atom stereocenters. The Morgan fingerprint density at radius 2 is 1.56 bits per heavy atom. The second kappa shape index (κ2) is 4.47. The first-order valence-electron chi connectivity index (χ1n) is 4.74. The van der Waals surface area contributed by atoms with Crippen molar-refractivity contribution in [1.29, 1.82) is 0 Å². The molecule has 0 spiro atoms. The first-order chi connectivity index (χ1) is 8.33. The number of sulfone groups is 1. The van der Waals surface area contributed by atoms with Gasteiger partial charge in [0.1, 0.15) is 4.90 Å². The molecule has 18 heavy (non-hydrogen) atoms. The molecule has 2 aromatic rings. The summed E-state index contributed by atoms with van der Waals surface area (Å²) in [6.45, 7) is 0. The number of sulfonamides is 1. The van der Waals surface area contributed by atoms with Gasteiger partial charge in [-0.3, -0.25) is 0 Å². The Labute approximate surface area is 109 Å². The maximum absolute atomic E-state index is 12.2. The van der Waals surface area contributed by atoms with Crippen LogP contribution in [0.3, 0.4) is 0 Å². The lowest BCUT2D eigenvalue weighted by molar-refractivity contribution is 0.586. The van der Waals surface area contributed by atoms with Crippen LogP contribution in [0, 0.1) is 0 Å². The highest BCUT2D eigenvalue weighted by atomic mass is 32.2. The van der Waals surface area contributed by atoms with E-state index in [1.165, 1.54) is 23.6 Å². The summed E-state index contributed by atoms with van der Waals surface area (Å²) in [5.74, 6) is 0. The molecule has 5 nitrogen and oxygen atoms in total. The van der Waals surface area contributed by atoms with Crippen LogP contribution in [0.2, 0.25) is 0 Å². The number of primary sulfonamides is 1. The molecule has 1 heterocycles. The maximum Gasteiger partial charge on any atom is 0.248 e. The van der Waals surface area contributed by atoms with Gasteiger partial charge in [-0.15, -0.1) is 11.3 Å². The Bertz CT molecular complexity index is 760. The van der Waals surface area contributed by atoms with E-state index in [0.717, 1.165) is 11.3 Å². The van der Waals surface area contributed by atoms with Gasteiger partial charge in [-0.05, 0) is 23.6 Å². The Morgan fingerprint density at radius 3 is 2.11 bits per heavy atom. The maximum atomic E-state index is 12.2. The van der Waals surface area contributed by atoms with E-state index in [2.05, 4.69) is 0 Å². The summed E-state index contributed by atoms with van der Waals surface area (Å²) < 4.78 is 46.8. The number of rotatable bonds is 3. The molecular formula is C10H9NO4S3. The van der Waals surface area contributed by atoms with Crippen LogP contribution in [0.5, 0.6) is 0 Å². The molecule has 0 saturated carbocycles. The Balaban J connectivity index is 2.68. The van der Waals surface area contributed by atoms with Gasteiger partial charge in [0.25, 0.3) is 0 Å². The van der Waals surface area contributed by atoms with Gasteiger partial charge in [-0.1, -0.05) is 18.2 Å². The van der Waals surface area contributed by atoms with Crippen molar-refractivity contribution < 1.29 is 16.8 Å². The van der Waals surface area contributed by atoms with Gasteiger partial charge in [0.2, 0.25) is 19.9 Å². The molecular weight excluding hydrogens is 294 g/mol. The van der Waals surface area contributed by atoms with E-state index in [-0.39, 0.29) is 14.0 Å². The van der Waals surface area contributed by atoms with Crippen LogP contribution in [-0.2, 0) is 19.9 Å². The molecule has 0 aliphatic heterocycles. The highest BCUT2D eigenvalue weighted by Gasteiger charge is 2.27. The zero-order chi connectivity index (χ0) is 13.4. The Kier molecular flexibility index (Phi) is 3.28. The molecule has 0 amide bonds. The third-order valence-corrected chi connectivity index (χ3v) is 6.70. The predicted octanol–water partition coefficient (Wildman–Crippen LogP) is 1.23. The molecule has 8 heteroatoms. The van der Waals surface area contributed by atoms with E-state index >= 15 is 0 Å². The monoisotopic (exact) mass is 303 g/mol. The molecule has 0 radical (unpaired) electrons. The van der Waals surface area contributed by atoms with Crippen LogP contribution >= 0.6 is 11.3 Å². The van der Waals surface area contributed by atoms with Gasteiger partial charge >= 0.3 is 0 Å². The van der Waals surface area contributed by atoms with E-state index in [1.807, 2.05) is 0 Å². The van der Waals surface area contributed by atoms with Crippen molar-refractivity contribution >= 4 is 31.2 Å². The molecule has 0 bridgehead atoms. The minimum absolute atomic E-state index is 0.0355. The largest absolute Gasteiger partial charge is 0.248 e. The highest BCUT2D eigenvalue weighted by molar-refractivity contribution is 7.94. The standard InChI is InChI=1S/C10H9NO4S3/c11-18(14,15)10-9(6-7-16-10)17(12,13)8-4-2-1-3-5-8/h1-7H,(H2,11,14,15). The average Bonchev–Trinajstić information content (AvgIpc) is 2.79. The van der Waals surface area contributed by atoms with E-state index < -0.39 is 19.9 Å². The molecule has 0 unspecified atom stereocenters. The van der Waals surface area contributed by atoms with Gasteiger partial charge in [-0.25, -0.2) is 22.0 Å². The average molecular weight is 303 g/mol. The molecule has 0 saturated heterocycles. The fraction of sp³-hybridized carbons (Fsp3) is 0. The lowest BCUT2D eigenvalue weighted by atomic mass is 10.4. The quantitative estimate of drug-likeness (QED) is 0.922. The van der Waals surface area contributed by atoms with Crippen molar-refractivity contribution in [2.45, 2.75) is 14.0 Å². The predicted molar refractivity (Wildman–Crippen MR) is 67.6 cm³/mol. The Morgan fingerprint density at radius 1 is 0.944 bits per heavy atom. The zero-order valence-electron chi connectivity index (χ0n) is 8.98. The van der Waals surface area contributed by atoms with Crippen molar-refractivity contribution in [3.8, 4) is 0 Å². The summed E-state index contributed by atoms with van der Waals surface area (Å²) in [7, 11) is -7.90. The first kappa shape index (κ1) is 13.2. The fourth-order valence-corrected chi connectivity index (χ4v) is 5.45.